The molecule has 3 aromatic rings. The minimum atomic E-state index is -0.375. The average molecular weight is 452 g/mol. The Kier molecular flexibility index (Phi) is 7.29. The number of nitrogens with two attached hydrogens (primary N) is 1. The van der Waals surface area contributed by atoms with Gasteiger partial charge in [0.15, 0.2) is 4.34 Å². The van der Waals surface area contributed by atoms with Crippen LogP contribution in [-0.4, -0.2) is 32.2 Å². The third-order valence-electron chi connectivity index (χ3n) is 3.79. The van der Waals surface area contributed by atoms with Crippen LogP contribution in [0, 0.1) is 5.82 Å². The van der Waals surface area contributed by atoms with E-state index in [2.05, 4.69) is 20.5 Å². The summed E-state index contributed by atoms with van der Waals surface area (Å²) < 4.78 is 13.7. The van der Waals surface area contributed by atoms with E-state index in [9.17, 15) is 14.0 Å². The lowest BCUT2D eigenvalue weighted by atomic mass is 10.2. The zero-order chi connectivity index (χ0) is 20.8. The summed E-state index contributed by atoms with van der Waals surface area (Å²) in [7, 11) is 0. The van der Waals surface area contributed by atoms with Crippen LogP contribution in [0.5, 0.6) is 0 Å². The Morgan fingerprint density at radius 3 is 2.72 bits per heavy atom. The summed E-state index contributed by atoms with van der Waals surface area (Å²) in [6.07, 6.45) is 1.23. The third kappa shape index (κ3) is 6.31. The largest absolute Gasteiger partial charge is 0.369 e. The quantitative estimate of drug-likeness (QED) is 0.483. The number of thioether (sulfide) groups is 1. The Morgan fingerprint density at radius 2 is 2.03 bits per heavy atom. The molecule has 29 heavy (non-hydrogen) atoms. The number of nitrogens with one attached hydrogen (secondary N) is 1. The molecule has 3 rings (SSSR count). The van der Waals surface area contributed by atoms with Crippen molar-refractivity contribution in [2.75, 3.05) is 5.32 Å². The molecule has 0 saturated heterocycles. The monoisotopic (exact) mass is 451 g/mol. The minimum absolute atomic E-state index is 0.0945. The molecule has 0 fully saturated rings. The third-order valence-corrected chi connectivity index (χ3v) is 7.03. The predicted octanol–water partition coefficient (Wildman–Crippen LogP) is 3.26. The lowest BCUT2D eigenvalue weighted by molar-refractivity contribution is -0.117. The van der Waals surface area contributed by atoms with Crippen molar-refractivity contribution in [2.45, 2.75) is 35.8 Å². The summed E-state index contributed by atoms with van der Waals surface area (Å²) in [6, 6.07) is 6.17. The number of carbonyl (C=O) groups excluding carboxylic acids is 2. The summed E-state index contributed by atoms with van der Waals surface area (Å²) in [5.41, 5.74) is 6.88. The molecule has 1 atom stereocenters. The molecule has 11 heteroatoms. The highest BCUT2D eigenvalue weighted by Crippen LogP contribution is 2.28. The number of nitrogens with zero attached hydrogens (tertiary/aromatic N) is 3. The molecule has 2 aromatic heterocycles. The van der Waals surface area contributed by atoms with Crippen LogP contribution in [0.4, 0.5) is 9.52 Å². The molecule has 0 spiro atoms. The molecule has 0 radical (unpaired) electrons. The summed E-state index contributed by atoms with van der Waals surface area (Å²) in [5.74, 6) is -0.916. The van der Waals surface area contributed by atoms with Gasteiger partial charge in [0.1, 0.15) is 10.8 Å². The van der Waals surface area contributed by atoms with Crippen LogP contribution in [0.15, 0.2) is 34.0 Å². The van der Waals surface area contributed by atoms with Gasteiger partial charge in [-0.05, 0) is 24.1 Å². The predicted molar refractivity (Wildman–Crippen MR) is 113 cm³/mol. The van der Waals surface area contributed by atoms with E-state index >= 15 is 0 Å². The van der Waals surface area contributed by atoms with E-state index in [0.29, 0.717) is 28.0 Å². The number of carbonyl (C=O) groups is 2. The first kappa shape index (κ1) is 21.3. The number of thiazole rings is 1. The Labute approximate surface area is 179 Å². The molecule has 7 nitrogen and oxygen atoms in total. The number of amides is 2. The molecule has 1 unspecified atom stereocenters. The van der Waals surface area contributed by atoms with Crippen LogP contribution in [0.1, 0.15) is 29.6 Å². The first-order valence-corrected chi connectivity index (χ1v) is 11.3. The first-order chi connectivity index (χ1) is 13.9. The van der Waals surface area contributed by atoms with Crippen LogP contribution in [0.2, 0.25) is 0 Å². The highest BCUT2D eigenvalue weighted by molar-refractivity contribution is 8.02. The zero-order valence-electron chi connectivity index (χ0n) is 15.4. The summed E-state index contributed by atoms with van der Waals surface area (Å²) >= 11 is 3.96. The summed E-state index contributed by atoms with van der Waals surface area (Å²) in [5, 5.41) is 13.3. The topological polar surface area (TPSA) is 111 Å². The molecule has 0 aliphatic rings. The Bertz CT molecular complexity index is 990. The van der Waals surface area contributed by atoms with Crippen LogP contribution in [0.3, 0.4) is 0 Å². The van der Waals surface area contributed by atoms with E-state index in [1.165, 1.54) is 46.6 Å². The van der Waals surface area contributed by atoms with Gasteiger partial charge in [0.2, 0.25) is 16.9 Å². The van der Waals surface area contributed by atoms with Gasteiger partial charge < -0.3 is 11.1 Å². The maximum absolute atomic E-state index is 13.0. The zero-order valence-corrected chi connectivity index (χ0v) is 17.9. The molecular weight excluding hydrogens is 433 g/mol. The van der Waals surface area contributed by atoms with Gasteiger partial charge in [-0.3, -0.25) is 9.59 Å². The molecule has 0 bridgehead atoms. The fourth-order valence-electron chi connectivity index (χ4n) is 2.37. The maximum atomic E-state index is 13.0. The summed E-state index contributed by atoms with van der Waals surface area (Å²) in [6.45, 7) is 1.89. The highest BCUT2D eigenvalue weighted by Gasteiger charge is 2.17. The molecule has 3 N–H and O–H groups in total. The van der Waals surface area contributed by atoms with Crippen LogP contribution >= 0.6 is 34.4 Å². The normalized spacial score (nSPS) is 11.9. The Balaban J connectivity index is 1.53. The van der Waals surface area contributed by atoms with Crippen molar-refractivity contribution in [1.29, 1.82) is 0 Å². The second-order valence-electron chi connectivity index (χ2n) is 6.05. The molecule has 2 heterocycles. The van der Waals surface area contributed by atoms with Gasteiger partial charge in [-0.25, -0.2) is 9.37 Å². The first-order valence-electron chi connectivity index (χ1n) is 8.70. The number of benzene rings is 1. The van der Waals surface area contributed by atoms with Gasteiger partial charge in [-0.15, -0.1) is 21.5 Å². The van der Waals surface area contributed by atoms with E-state index in [-0.39, 0.29) is 29.3 Å². The molecule has 0 aliphatic heterocycles. The molecule has 1 aromatic carbocycles. The number of halogens is 1. The van der Waals surface area contributed by atoms with Crippen molar-refractivity contribution in [3.63, 3.8) is 0 Å². The average Bonchev–Trinajstić information content (AvgIpc) is 3.30. The van der Waals surface area contributed by atoms with Crippen molar-refractivity contribution < 1.29 is 14.0 Å². The van der Waals surface area contributed by atoms with Gasteiger partial charge >= 0.3 is 0 Å². The number of rotatable bonds is 9. The van der Waals surface area contributed by atoms with Crippen LogP contribution in [0.25, 0.3) is 0 Å². The smallest absolute Gasteiger partial charge is 0.232 e. The number of anilines is 1. The molecule has 0 aliphatic carbocycles. The van der Waals surface area contributed by atoms with E-state index < -0.39 is 0 Å². The van der Waals surface area contributed by atoms with E-state index in [4.69, 9.17) is 5.73 Å². The van der Waals surface area contributed by atoms with Crippen molar-refractivity contribution in [1.82, 2.24) is 15.2 Å². The minimum Gasteiger partial charge on any atom is -0.369 e. The molecule has 2 amide bonds. The van der Waals surface area contributed by atoms with Gasteiger partial charge in [0.25, 0.3) is 0 Å². The van der Waals surface area contributed by atoms with Crippen molar-refractivity contribution in [3.05, 3.63) is 51.7 Å². The Hall–Kier alpha value is -2.37. The fraction of sp³-hybridized carbons (Fsp3) is 0.278. The van der Waals surface area contributed by atoms with Crippen molar-refractivity contribution in [2.24, 2.45) is 5.73 Å². The van der Waals surface area contributed by atoms with Crippen molar-refractivity contribution in [3.8, 4) is 0 Å². The molecule has 152 valence electrons. The van der Waals surface area contributed by atoms with Gasteiger partial charge in [-0.1, -0.05) is 42.2 Å². The van der Waals surface area contributed by atoms with Gasteiger partial charge in [0.05, 0.1) is 17.4 Å². The van der Waals surface area contributed by atoms with Gasteiger partial charge in [0, 0.05) is 11.8 Å². The second kappa shape index (κ2) is 9.90. The molecular formula is C18H18FN5O2S3. The lowest BCUT2D eigenvalue weighted by Crippen LogP contribution is -2.24. The van der Waals surface area contributed by atoms with E-state index in [1.54, 1.807) is 17.5 Å². The number of hydrogen-bond donors (Lipinski definition) is 2. The maximum Gasteiger partial charge on any atom is 0.232 e. The number of hydrogen-bond acceptors (Lipinski definition) is 8. The van der Waals surface area contributed by atoms with Gasteiger partial charge in [-0.2, -0.15) is 0 Å². The highest BCUT2D eigenvalue weighted by atomic mass is 32.2. The lowest BCUT2D eigenvalue weighted by Gasteiger charge is -2.06. The number of primary amides is 1. The van der Waals surface area contributed by atoms with Crippen LogP contribution in [-0.2, 0) is 22.4 Å². The van der Waals surface area contributed by atoms with Crippen LogP contribution < -0.4 is 11.1 Å². The second-order valence-corrected chi connectivity index (χ2v) is 9.42. The summed E-state index contributed by atoms with van der Waals surface area (Å²) in [4.78, 5) is 28.0. The Morgan fingerprint density at radius 1 is 1.28 bits per heavy atom. The molecule has 0 saturated carbocycles. The van der Waals surface area contributed by atoms with E-state index in [0.717, 1.165) is 10.6 Å². The number of aromatic nitrogens is 3. The SMILES string of the molecule is CCC(Sc1nc(CC(=O)Nc2nnc(Cc3ccc(F)cc3)s2)cs1)C(N)=O. The van der Waals surface area contributed by atoms with Crippen molar-refractivity contribution >= 4 is 51.4 Å². The standard InChI is InChI=1S/C18H18FN5O2S3/c1-2-13(16(20)26)28-18-21-12(9-27-18)8-14(25)22-17-24-23-15(29-17)7-10-3-5-11(19)6-4-10/h3-6,9,13H,2,7-8H2,1H3,(H2,20,26)(H,22,24,25). The van der Waals surface area contributed by atoms with E-state index in [1.807, 2.05) is 6.92 Å². The fourth-order valence-corrected chi connectivity index (χ4v) is 5.11.